The van der Waals surface area contributed by atoms with Gasteiger partial charge in [0.1, 0.15) is 47.7 Å². The van der Waals surface area contributed by atoms with Crippen LogP contribution in [0.3, 0.4) is 0 Å². The lowest BCUT2D eigenvalue weighted by Crippen LogP contribution is -2.33. The number of benzene rings is 6. The number of nitrogens with zero attached hydrogens (tertiary/aromatic N) is 2. The number of rotatable bonds is 16. The molecule has 2 aliphatic rings. The standard InChI is InChI=1S/C28H28N2O6S2.C28H27NO4S/c29-38(33,34)36-23-11-6-20(7-12-23)28-26(24-13-8-21(31)18-25(24)37-28)27(32)19-4-9-22(10-5-19)35-17-16-30-14-2-1-3-15-30;30-21-8-4-20(5-9-21)28-26(24-13-10-22(31)18-25(24)34-28)27(32)19-6-11-23(12-7-19)33-17-16-29-14-2-1-3-15-29/h4-13,18,31H,1-3,14-17H2,(H2,29,33,34);4-13,18,30-31H,1-3,14-17H2. The number of phenols is 3. The molecule has 2 aromatic heterocycles. The highest BCUT2D eigenvalue weighted by atomic mass is 32.2. The molecule has 13 nitrogen and oxygen atoms in total. The minimum absolute atomic E-state index is 0.0683. The Balaban J connectivity index is 0.000000179. The summed E-state index contributed by atoms with van der Waals surface area (Å²) in [4.78, 5) is 33.8. The lowest BCUT2D eigenvalue weighted by atomic mass is 9.97. The molecule has 8 aromatic rings. The maximum atomic E-state index is 13.8. The molecule has 10 rings (SSSR count). The third-order valence-electron chi connectivity index (χ3n) is 12.7. The molecule has 2 aliphatic heterocycles. The molecular weight excluding hydrogens is 971 g/mol. The number of fused-ring (bicyclic) bond motifs is 2. The van der Waals surface area contributed by atoms with Gasteiger partial charge in [0.05, 0.1) is 0 Å². The highest BCUT2D eigenvalue weighted by Gasteiger charge is 2.24. The Bertz CT molecular complexity index is 3270. The molecule has 16 heteroatoms. The quantitative estimate of drug-likeness (QED) is 0.0671. The maximum absolute atomic E-state index is 13.8. The zero-order chi connectivity index (χ0) is 50.2. The minimum Gasteiger partial charge on any atom is -0.508 e. The predicted molar refractivity (Wildman–Crippen MR) is 285 cm³/mol. The van der Waals surface area contributed by atoms with Crippen LogP contribution in [0.2, 0.25) is 0 Å². The van der Waals surface area contributed by atoms with Gasteiger partial charge >= 0.3 is 10.3 Å². The molecule has 2 fully saturated rings. The summed E-state index contributed by atoms with van der Waals surface area (Å²) in [5, 5.41) is 36.1. The average molecular weight is 1030 g/mol. The summed E-state index contributed by atoms with van der Waals surface area (Å²) in [6.07, 6.45) is 7.63. The van der Waals surface area contributed by atoms with E-state index >= 15 is 0 Å². The molecular formula is C56H55N3O10S3. The number of piperidine rings is 2. The molecule has 2 saturated heterocycles. The van der Waals surface area contributed by atoms with E-state index in [0.717, 1.165) is 75.6 Å². The lowest BCUT2D eigenvalue weighted by molar-refractivity contribution is 0.103. The topological polar surface area (TPSA) is 189 Å². The van der Waals surface area contributed by atoms with Gasteiger partial charge in [-0.05, 0) is 196 Å². The van der Waals surface area contributed by atoms with Gasteiger partial charge in [-0.15, -0.1) is 22.7 Å². The third kappa shape index (κ3) is 12.4. The van der Waals surface area contributed by atoms with Crippen molar-refractivity contribution in [3.8, 4) is 55.4 Å². The second kappa shape index (κ2) is 22.7. The molecule has 0 unspecified atom stereocenters. The maximum Gasteiger partial charge on any atom is 0.380 e. The van der Waals surface area contributed by atoms with Crippen molar-refractivity contribution in [3.63, 3.8) is 0 Å². The van der Waals surface area contributed by atoms with Gasteiger partial charge in [0.2, 0.25) is 0 Å². The van der Waals surface area contributed by atoms with Gasteiger partial charge in [0.15, 0.2) is 11.6 Å². The van der Waals surface area contributed by atoms with Crippen molar-refractivity contribution in [1.82, 2.24) is 9.80 Å². The van der Waals surface area contributed by atoms with Crippen LogP contribution in [0.25, 0.3) is 41.1 Å². The number of ether oxygens (including phenoxy) is 2. The number of aromatic hydroxyl groups is 3. The van der Waals surface area contributed by atoms with Gasteiger partial charge in [-0.2, -0.15) is 13.6 Å². The van der Waals surface area contributed by atoms with Crippen molar-refractivity contribution in [2.75, 3.05) is 52.5 Å². The highest BCUT2D eigenvalue weighted by Crippen LogP contribution is 2.43. The number of phenolic OH excluding ortho intramolecular Hbond substituents is 3. The largest absolute Gasteiger partial charge is 0.508 e. The Morgan fingerprint density at radius 2 is 0.875 bits per heavy atom. The summed E-state index contributed by atoms with van der Waals surface area (Å²) >= 11 is 2.82. The Morgan fingerprint density at radius 1 is 0.500 bits per heavy atom. The fourth-order valence-electron chi connectivity index (χ4n) is 9.08. The van der Waals surface area contributed by atoms with Gasteiger partial charge in [-0.1, -0.05) is 12.8 Å². The molecule has 0 amide bonds. The van der Waals surface area contributed by atoms with Crippen molar-refractivity contribution in [2.45, 2.75) is 38.5 Å². The Kier molecular flexibility index (Phi) is 15.8. The Labute approximate surface area is 426 Å². The van der Waals surface area contributed by atoms with E-state index in [2.05, 4.69) is 9.80 Å². The van der Waals surface area contributed by atoms with E-state index in [1.807, 2.05) is 36.4 Å². The van der Waals surface area contributed by atoms with Crippen LogP contribution in [0.5, 0.6) is 34.5 Å². The van der Waals surface area contributed by atoms with Crippen LogP contribution in [0.4, 0.5) is 0 Å². The van der Waals surface area contributed by atoms with E-state index in [4.69, 9.17) is 18.8 Å². The van der Waals surface area contributed by atoms with E-state index < -0.39 is 10.3 Å². The van der Waals surface area contributed by atoms with E-state index in [-0.39, 0.29) is 34.6 Å². The molecule has 372 valence electrons. The van der Waals surface area contributed by atoms with Crippen LogP contribution in [-0.4, -0.2) is 97.6 Å². The summed E-state index contributed by atoms with van der Waals surface area (Å²) in [5.74, 6) is 1.73. The number of ketones is 2. The second-order valence-corrected chi connectivity index (χ2v) is 21.1. The summed E-state index contributed by atoms with van der Waals surface area (Å²) in [7, 11) is -4.14. The molecule has 0 saturated carbocycles. The van der Waals surface area contributed by atoms with Gasteiger partial charge in [-0.25, -0.2) is 0 Å². The van der Waals surface area contributed by atoms with Crippen molar-refractivity contribution >= 4 is 64.7 Å². The van der Waals surface area contributed by atoms with E-state index in [1.165, 1.54) is 73.3 Å². The number of nitrogens with two attached hydrogens (primary N) is 1. The van der Waals surface area contributed by atoms with Crippen LogP contribution in [0.1, 0.15) is 70.4 Å². The number of hydrogen-bond donors (Lipinski definition) is 4. The van der Waals surface area contributed by atoms with Crippen molar-refractivity contribution < 1.29 is 47.0 Å². The fraction of sp³-hybridized carbons (Fsp3) is 0.250. The molecule has 4 heterocycles. The van der Waals surface area contributed by atoms with Crippen molar-refractivity contribution in [1.29, 1.82) is 0 Å². The van der Waals surface area contributed by atoms with Crippen LogP contribution >= 0.6 is 22.7 Å². The zero-order valence-corrected chi connectivity index (χ0v) is 41.9. The first-order valence-electron chi connectivity index (χ1n) is 24.0. The van der Waals surface area contributed by atoms with E-state index in [1.54, 1.807) is 84.9 Å². The third-order valence-corrected chi connectivity index (χ3v) is 15.6. The normalized spacial score (nSPS) is 14.4. The van der Waals surface area contributed by atoms with Gasteiger partial charge < -0.3 is 29.0 Å². The number of likely N-dealkylation sites (tertiary alicyclic amines) is 2. The average Bonchev–Trinajstić information content (AvgIpc) is 3.95. The number of hydrogen-bond acceptors (Lipinski definition) is 14. The zero-order valence-electron chi connectivity index (χ0n) is 39.5. The van der Waals surface area contributed by atoms with Crippen LogP contribution in [-0.2, 0) is 10.3 Å². The highest BCUT2D eigenvalue weighted by molar-refractivity contribution is 7.84. The van der Waals surface area contributed by atoms with E-state index in [9.17, 15) is 33.3 Å². The van der Waals surface area contributed by atoms with Crippen LogP contribution in [0.15, 0.2) is 133 Å². The lowest BCUT2D eigenvalue weighted by Gasteiger charge is -2.26. The van der Waals surface area contributed by atoms with Gasteiger partial charge in [0.25, 0.3) is 0 Å². The minimum atomic E-state index is -4.14. The van der Waals surface area contributed by atoms with Crippen molar-refractivity contribution in [3.05, 3.63) is 156 Å². The predicted octanol–water partition coefficient (Wildman–Crippen LogP) is 11.0. The number of carbonyl (C=O) groups excluding carboxylic acids is 2. The first kappa shape index (κ1) is 50.2. The fourth-order valence-corrected chi connectivity index (χ4v) is 11.9. The van der Waals surface area contributed by atoms with E-state index in [0.29, 0.717) is 51.7 Å². The Morgan fingerprint density at radius 3 is 1.28 bits per heavy atom. The second-order valence-electron chi connectivity index (χ2n) is 17.8. The molecule has 72 heavy (non-hydrogen) atoms. The summed E-state index contributed by atoms with van der Waals surface area (Å²) in [6.45, 7) is 7.57. The summed E-state index contributed by atoms with van der Waals surface area (Å²) in [5.41, 5.74) is 3.74. The van der Waals surface area contributed by atoms with Gasteiger partial charge in [0, 0.05) is 65.3 Å². The number of carbonyl (C=O) groups is 2. The first-order chi connectivity index (χ1) is 34.8. The smallest absolute Gasteiger partial charge is 0.380 e. The SMILES string of the molecule is NS(=O)(=O)Oc1ccc(-c2sc3cc(O)ccc3c2C(=O)c2ccc(OCCN3CCCCC3)cc2)cc1.O=C(c1ccc(OCCN2CCCCC2)cc1)c1c(-c2ccc(O)cc2)sc2cc(O)ccc12. The molecule has 6 aromatic carbocycles. The van der Waals surface area contributed by atoms with Gasteiger partial charge in [-0.3, -0.25) is 19.4 Å². The number of thiophene rings is 2. The monoisotopic (exact) mass is 1030 g/mol. The molecule has 0 atom stereocenters. The summed E-state index contributed by atoms with van der Waals surface area (Å²) in [6, 6.07) is 37.6. The van der Waals surface area contributed by atoms with Crippen molar-refractivity contribution in [2.24, 2.45) is 5.14 Å². The Hall–Kier alpha value is -6.79. The molecule has 0 aliphatic carbocycles. The molecule has 0 radical (unpaired) electrons. The molecule has 5 N–H and O–H groups in total. The van der Waals surface area contributed by atoms with Crippen LogP contribution < -0.4 is 18.8 Å². The molecule has 0 spiro atoms. The first-order valence-corrected chi connectivity index (χ1v) is 27.1. The summed E-state index contributed by atoms with van der Waals surface area (Å²) < 4.78 is 40.6. The van der Waals surface area contributed by atoms with Crippen LogP contribution in [0, 0.1) is 0 Å². The molecule has 0 bridgehead atoms.